The van der Waals surface area contributed by atoms with Gasteiger partial charge in [0.2, 0.25) is 5.95 Å². The van der Waals surface area contributed by atoms with Gasteiger partial charge >= 0.3 is 0 Å². The molecule has 1 N–H and O–H groups in total. The zero-order chi connectivity index (χ0) is 14.0. The van der Waals surface area contributed by atoms with Crippen molar-refractivity contribution < 1.29 is 0 Å². The molecule has 2 aromatic heterocycles. The van der Waals surface area contributed by atoms with Crippen LogP contribution in [0.5, 0.6) is 0 Å². The third-order valence-electron chi connectivity index (χ3n) is 2.65. The van der Waals surface area contributed by atoms with Gasteiger partial charge in [-0.3, -0.25) is 0 Å². The number of halogens is 1. The second kappa shape index (κ2) is 5.84. The largest absolute Gasteiger partial charge is 0.347 e. The van der Waals surface area contributed by atoms with Crippen LogP contribution in [-0.2, 0) is 0 Å². The van der Waals surface area contributed by atoms with Crippen LogP contribution in [0, 0.1) is 6.92 Å². The minimum absolute atomic E-state index is 0.124. The van der Waals surface area contributed by atoms with E-state index in [9.17, 15) is 0 Å². The number of anilines is 1. The van der Waals surface area contributed by atoms with E-state index in [1.807, 2.05) is 19.1 Å². The maximum absolute atomic E-state index is 5.95. The second-order valence-corrected chi connectivity index (χ2v) is 6.47. The summed E-state index contributed by atoms with van der Waals surface area (Å²) < 4.78 is 0.790. The SMILES string of the molecule is Cc1nc(NC(C)c2ccc(Cl)s2)nc(C(C)C)n1. The van der Waals surface area contributed by atoms with Crippen LogP contribution in [0.3, 0.4) is 0 Å². The fourth-order valence-corrected chi connectivity index (χ4v) is 2.71. The molecule has 0 saturated carbocycles. The van der Waals surface area contributed by atoms with Crippen LogP contribution in [0.25, 0.3) is 0 Å². The predicted molar refractivity (Wildman–Crippen MR) is 80.0 cm³/mol. The Morgan fingerprint density at radius 1 is 1.16 bits per heavy atom. The molecule has 1 unspecified atom stereocenters. The van der Waals surface area contributed by atoms with E-state index in [1.54, 1.807) is 11.3 Å². The molecule has 0 aliphatic rings. The fourth-order valence-electron chi connectivity index (χ4n) is 1.65. The molecule has 4 nitrogen and oxygen atoms in total. The van der Waals surface area contributed by atoms with E-state index in [0.717, 1.165) is 20.9 Å². The van der Waals surface area contributed by atoms with E-state index in [1.165, 1.54) is 0 Å². The van der Waals surface area contributed by atoms with Crippen molar-refractivity contribution >= 4 is 28.9 Å². The van der Waals surface area contributed by atoms with Crippen molar-refractivity contribution in [2.24, 2.45) is 0 Å². The van der Waals surface area contributed by atoms with Gasteiger partial charge in [-0.05, 0) is 26.0 Å². The molecule has 0 spiro atoms. The standard InChI is InChI=1S/C13H17ClN4S/c1-7(2)12-16-9(4)17-13(18-12)15-8(3)10-5-6-11(14)19-10/h5-8H,1-4H3,(H,15,16,17,18). The highest BCUT2D eigenvalue weighted by Crippen LogP contribution is 2.28. The third kappa shape index (κ3) is 3.64. The van der Waals surface area contributed by atoms with E-state index in [4.69, 9.17) is 11.6 Å². The number of hydrogen-bond acceptors (Lipinski definition) is 5. The van der Waals surface area contributed by atoms with Gasteiger partial charge in [-0.25, -0.2) is 4.98 Å². The summed E-state index contributed by atoms with van der Waals surface area (Å²) >= 11 is 7.51. The second-order valence-electron chi connectivity index (χ2n) is 4.73. The summed E-state index contributed by atoms with van der Waals surface area (Å²) in [6.07, 6.45) is 0. The topological polar surface area (TPSA) is 50.7 Å². The smallest absolute Gasteiger partial charge is 0.226 e. The lowest BCUT2D eigenvalue weighted by Gasteiger charge is -2.13. The van der Waals surface area contributed by atoms with E-state index >= 15 is 0 Å². The first-order chi connectivity index (χ1) is 8.95. The van der Waals surface area contributed by atoms with Gasteiger partial charge in [-0.1, -0.05) is 25.4 Å². The molecule has 2 heterocycles. The van der Waals surface area contributed by atoms with E-state index in [0.29, 0.717) is 5.95 Å². The predicted octanol–water partition coefficient (Wildman–Crippen LogP) is 4.19. The lowest BCUT2D eigenvalue weighted by atomic mass is 10.2. The van der Waals surface area contributed by atoms with Crippen LogP contribution >= 0.6 is 22.9 Å². The summed E-state index contributed by atoms with van der Waals surface area (Å²) in [5, 5.41) is 3.30. The summed E-state index contributed by atoms with van der Waals surface area (Å²) in [5.41, 5.74) is 0. The van der Waals surface area contributed by atoms with Crippen molar-refractivity contribution in [1.29, 1.82) is 0 Å². The zero-order valence-corrected chi connectivity index (χ0v) is 13.0. The van der Waals surface area contributed by atoms with Crippen molar-refractivity contribution in [2.45, 2.75) is 39.7 Å². The van der Waals surface area contributed by atoms with Crippen molar-refractivity contribution in [3.8, 4) is 0 Å². The number of hydrogen-bond donors (Lipinski definition) is 1. The molecule has 1 atom stereocenters. The summed E-state index contributed by atoms with van der Waals surface area (Å²) in [4.78, 5) is 14.3. The van der Waals surface area contributed by atoms with Gasteiger partial charge in [-0.15, -0.1) is 11.3 Å². The minimum atomic E-state index is 0.124. The van der Waals surface area contributed by atoms with Crippen LogP contribution < -0.4 is 5.32 Å². The monoisotopic (exact) mass is 296 g/mol. The van der Waals surface area contributed by atoms with Gasteiger partial charge in [0.05, 0.1) is 10.4 Å². The highest BCUT2D eigenvalue weighted by Gasteiger charge is 2.12. The highest BCUT2D eigenvalue weighted by atomic mass is 35.5. The lowest BCUT2D eigenvalue weighted by Crippen LogP contribution is -2.12. The molecule has 0 fully saturated rings. The van der Waals surface area contributed by atoms with Crippen LogP contribution in [0.4, 0.5) is 5.95 Å². The van der Waals surface area contributed by atoms with Crippen molar-refractivity contribution in [1.82, 2.24) is 15.0 Å². The number of aromatic nitrogens is 3. The van der Waals surface area contributed by atoms with Gasteiger partial charge in [0.15, 0.2) is 0 Å². The Labute approximate surface area is 122 Å². The van der Waals surface area contributed by atoms with Crippen molar-refractivity contribution in [3.05, 3.63) is 33.0 Å². The molecule has 0 bridgehead atoms. The number of thiophene rings is 1. The summed E-state index contributed by atoms with van der Waals surface area (Å²) in [5.74, 6) is 2.45. The third-order valence-corrected chi connectivity index (χ3v) is 4.06. The number of aryl methyl sites for hydroxylation is 1. The summed E-state index contributed by atoms with van der Waals surface area (Å²) in [6, 6.07) is 4.04. The molecule has 102 valence electrons. The molecule has 0 aliphatic heterocycles. The first-order valence-electron chi connectivity index (χ1n) is 6.20. The lowest BCUT2D eigenvalue weighted by molar-refractivity contribution is 0.740. The van der Waals surface area contributed by atoms with Crippen molar-refractivity contribution in [3.63, 3.8) is 0 Å². The van der Waals surface area contributed by atoms with E-state index in [-0.39, 0.29) is 12.0 Å². The molecule has 2 rings (SSSR count). The Hall–Kier alpha value is -1.20. The summed E-state index contributed by atoms with van der Waals surface area (Å²) in [7, 11) is 0. The Morgan fingerprint density at radius 3 is 2.47 bits per heavy atom. The summed E-state index contributed by atoms with van der Waals surface area (Å²) in [6.45, 7) is 8.09. The van der Waals surface area contributed by atoms with Gasteiger partial charge in [0.25, 0.3) is 0 Å². The van der Waals surface area contributed by atoms with E-state index < -0.39 is 0 Å². The Bertz CT molecular complexity index is 568. The maximum Gasteiger partial charge on any atom is 0.226 e. The van der Waals surface area contributed by atoms with Gasteiger partial charge in [-0.2, -0.15) is 9.97 Å². The molecule has 2 aromatic rings. The zero-order valence-electron chi connectivity index (χ0n) is 11.4. The van der Waals surface area contributed by atoms with Crippen molar-refractivity contribution in [2.75, 3.05) is 5.32 Å². The van der Waals surface area contributed by atoms with Crippen LogP contribution in [0.15, 0.2) is 12.1 Å². The molecule has 19 heavy (non-hydrogen) atoms. The average Bonchev–Trinajstić information content (AvgIpc) is 2.75. The molecule has 0 amide bonds. The number of nitrogens with one attached hydrogen (secondary N) is 1. The Morgan fingerprint density at radius 2 is 1.89 bits per heavy atom. The molecule has 0 saturated heterocycles. The fraction of sp³-hybridized carbons (Fsp3) is 0.462. The molecular formula is C13H17ClN4S. The average molecular weight is 297 g/mol. The molecule has 0 aliphatic carbocycles. The first kappa shape index (κ1) is 14.2. The van der Waals surface area contributed by atoms with Crippen LogP contribution in [0.1, 0.15) is 49.3 Å². The minimum Gasteiger partial charge on any atom is -0.347 e. The molecule has 0 radical (unpaired) electrons. The van der Waals surface area contributed by atoms with Crippen LogP contribution in [-0.4, -0.2) is 15.0 Å². The van der Waals surface area contributed by atoms with Gasteiger partial charge in [0, 0.05) is 10.8 Å². The van der Waals surface area contributed by atoms with Crippen LogP contribution in [0.2, 0.25) is 4.34 Å². The normalized spacial score (nSPS) is 12.7. The first-order valence-corrected chi connectivity index (χ1v) is 7.39. The van der Waals surface area contributed by atoms with Gasteiger partial charge in [0.1, 0.15) is 11.6 Å². The highest BCUT2D eigenvalue weighted by molar-refractivity contribution is 7.16. The number of nitrogens with zero attached hydrogens (tertiary/aromatic N) is 3. The maximum atomic E-state index is 5.95. The molecular weight excluding hydrogens is 280 g/mol. The Kier molecular flexibility index (Phi) is 4.37. The van der Waals surface area contributed by atoms with E-state index in [2.05, 4.69) is 41.0 Å². The molecule has 0 aromatic carbocycles. The van der Waals surface area contributed by atoms with Gasteiger partial charge < -0.3 is 5.32 Å². The molecule has 6 heteroatoms. The quantitative estimate of drug-likeness (QED) is 0.919. The Balaban J connectivity index is 2.18. The number of rotatable bonds is 4.